The zero-order valence-corrected chi connectivity index (χ0v) is 9.01. The average Bonchev–Trinajstić information content (AvgIpc) is 2.18. The minimum Gasteiger partial charge on any atom is -0.508 e. The van der Waals surface area contributed by atoms with Gasteiger partial charge in [0.1, 0.15) is 5.75 Å². The highest BCUT2D eigenvalue weighted by atomic mass is 16.3. The van der Waals surface area contributed by atoms with Gasteiger partial charge in [-0.3, -0.25) is 0 Å². The van der Waals surface area contributed by atoms with Crippen LogP contribution in [0.3, 0.4) is 0 Å². The Bertz CT molecular complexity index is 284. The fourth-order valence-electron chi connectivity index (χ4n) is 1.38. The van der Waals surface area contributed by atoms with Crippen molar-refractivity contribution < 1.29 is 5.11 Å². The number of rotatable bonds is 5. The fraction of sp³-hybridized carbons (Fsp3) is 0.500. The predicted octanol–water partition coefficient (Wildman–Crippen LogP) is 2.59. The van der Waals surface area contributed by atoms with E-state index in [2.05, 4.69) is 12.2 Å². The first kappa shape index (κ1) is 11.1. The molecular weight excluding hydrogens is 174 g/mol. The van der Waals surface area contributed by atoms with Crippen LogP contribution in [0.4, 0.5) is 0 Å². The molecule has 0 aliphatic rings. The van der Waals surface area contributed by atoms with E-state index in [0.717, 1.165) is 18.7 Å². The molecule has 2 heteroatoms. The molecule has 0 spiro atoms. The Morgan fingerprint density at radius 3 is 2.86 bits per heavy atom. The van der Waals surface area contributed by atoms with E-state index in [9.17, 15) is 5.11 Å². The summed E-state index contributed by atoms with van der Waals surface area (Å²) in [5.41, 5.74) is 2.18. The van der Waals surface area contributed by atoms with Crippen LogP contribution in [0.2, 0.25) is 0 Å². The summed E-state index contributed by atoms with van der Waals surface area (Å²) in [7, 11) is 0. The van der Waals surface area contributed by atoms with E-state index in [1.807, 2.05) is 19.1 Å². The second kappa shape index (κ2) is 5.66. The molecule has 0 saturated heterocycles. The Labute approximate surface area is 86.0 Å². The van der Waals surface area contributed by atoms with Gasteiger partial charge in [-0.05, 0) is 26.0 Å². The van der Waals surface area contributed by atoms with Gasteiger partial charge in [0.15, 0.2) is 0 Å². The van der Waals surface area contributed by atoms with Gasteiger partial charge in [-0.1, -0.05) is 31.0 Å². The van der Waals surface area contributed by atoms with E-state index in [-0.39, 0.29) is 0 Å². The molecule has 1 aromatic rings. The van der Waals surface area contributed by atoms with E-state index >= 15 is 0 Å². The Hall–Kier alpha value is -1.02. The molecule has 0 aliphatic heterocycles. The number of aryl methyl sites for hydroxylation is 1. The van der Waals surface area contributed by atoms with Crippen LogP contribution >= 0.6 is 0 Å². The first-order valence-corrected chi connectivity index (χ1v) is 5.23. The number of hydrogen-bond acceptors (Lipinski definition) is 2. The van der Waals surface area contributed by atoms with E-state index in [0.29, 0.717) is 5.75 Å². The number of hydrogen-bond donors (Lipinski definition) is 2. The quantitative estimate of drug-likeness (QED) is 0.704. The predicted molar refractivity (Wildman–Crippen MR) is 59.5 cm³/mol. The zero-order chi connectivity index (χ0) is 10.4. The van der Waals surface area contributed by atoms with Crippen molar-refractivity contribution in [1.82, 2.24) is 5.32 Å². The molecule has 0 aromatic heterocycles. The third-order valence-corrected chi connectivity index (χ3v) is 2.26. The van der Waals surface area contributed by atoms with Gasteiger partial charge in [0.05, 0.1) is 0 Å². The lowest BCUT2D eigenvalue weighted by Gasteiger charge is -2.07. The minimum absolute atomic E-state index is 0.389. The Kier molecular flexibility index (Phi) is 4.47. The van der Waals surface area contributed by atoms with E-state index in [1.54, 1.807) is 6.07 Å². The number of nitrogens with one attached hydrogen (secondary N) is 1. The molecule has 0 heterocycles. The highest BCUT2D eigenvalue weighted by Gasteiger charge is 1.99. The van der Waals surface area contributed by atoms with Crippen molar-refractivity contribution in [2.24, 2.45) is 0 Å². The van der Waals surface area contributed by atoms with Crippen molar-refractivity contribution in [1.29, 1.82) is 0 Å². The lowest BCUT2D eigenvalue weighted by molar-refractivity contribution is 0.464. The van der Waals surface area contributed by atoms with Gasteiger partial charge in [0.2, 0.25) is 0 Å². The van der Waals surface area contributed by atoms with E-state index < -0.39 is 0 Å². The summed E-state index contributed by atoms with van der Waals surface area (Å²) in [4.78, 5) is 0. The molecule has 1 rings (SSSR count). The summed E-state index contributed by atoms with van der Waals surface area (Å²) in [5, 5.41) is 12.9. The van der Waals surface area contributed by atoms with Gasteiger partial charge < -0.3 is 10.4 Å². The molecule has 2 nitrogen and oxygen atoms in total. The third-order valence-electron chi connectivity index (χ3n) is 2.26. The summed E-state index contributed by atoms with van der Waals surface area (Å²) < 4.78 is 0. The van der Waals surface area contributed by atoms with Crippen molar-refractivity contribution in [3.05, 3.63) is 29.3 Å². The van der Waals surface area contributed by atoms with Gasteiger partial charge in [-0.2, -0.15) is 0 Å². The number of phenolic OH excluding ortho intramolecular Hbond substituents is 1. The standard InChI is InChI=1S/C12H19NO/c1-3-4-7-13-9-11-8-10(2)5-6-12(11)14/h5-6,8,13-14H,3-4,7,9H2,1-2H3. The highest BCUT2D eigenvalue weighted by molar-refractivity contribution is 5.35. The minimum atomic E-state index is 0.389. The lowest BCUT2D eigenvalue weighted by Crippen LogP contribution is -2.14. The normalized spacial score (nSPS) is 10.4. The first-order chi connectivity index (χ1) is 6.74. The van der Waals surface area contributed by atoms with Crippen molar-refractivity contribution in [3.63, 3.8) is 0 Å². The largest absolute Gasteiger partial charge is 0.508 e. The topological polar surface area (TPSA) is 32.3 Å². The summed E-state index contributed by atoms with van der Waals surface area (Å²) in [6.45, 7) is 5.98. The molecule has 0 aliphatic carbocycles. The Morgan fingerprint density at radius 2 is 2.14 bits per heavy atom. The molecule has 0 radical (unpaired) electrons. The maximum absolute atomic E-state index is 9.55. The van der Waals surface area contributed by atoms with Gasteiger partial charge in [0.25, 0.3) is 0 Å². The molecule has 78 valence electrons. The highest BCUT2D eigenvalue weighted by Crippen LogP contribution is 2.17. The van der Waals surface area contributed by atoms with Crippen LogP contribution < -0.4 is 5.32 Å². The molecule has 0 amide bonds. The van der Waals surface area contributed by atoms with Crippen LogP contribution in [0.5, 0.6) is 5.75 Å². The third kappa shape index (κ3) is 3.38. The SMILES string of the molecule is CCCCNCc1cc(C)ccc1O. The van der Waals surface area contributed by atoms with Crippen molar-refractivity contribution in [3.8, 4) is 5.75 Å². The van der Waals surface area contributed by atoms with E-state index in [1.165, 1.54) is 18.4 Å². The van der Waals surface area contributed by atoms with E-state index in [4.69, 9.17) is 0 Å². The summed E-state index contributed by atoms with van der Waals surface area (Å²) in [6, 6.07) is 5.70. The molecule has 14 heavy (non-hydrogen) atoms. The molecule has 0 saturated carbocycles. The smallest absolute Gasteiger partial charge is 0.120 e. The van der Waals surface area contributed by atoms with Crippen molar-refractivity contribution >= 4 is 0 Å². The second-order valence-electron chi connectivity index (χ2n) is 3.66. The molecule has 0 atom stereocenters. The molecule has 0 unspecified atom stereocenters. The van der Waals surface area contributed by atoms with Crippen LogP contribution in [-0.4, -0.2) is 11.7 Å². The van der Waals surface area contributed by atoms with Gasteiger partial charge in [-0.25, -0.2) is 0 Å². The van der Waals surface area contributed by atoms with Gasteiger partial charge in [-0.15, -0.1) is 0 Å². The molecule has 1 aromatic carbocycles. The zero-order valence-electron chi connectivity index (χ0n) is 9.01. The van der Waals surface area contributed by atoms with Crippen molar-refractivity contribution in [2.45, 2.75) is 33.2 Å². The Balaban J connectivity index is 2.45. The maximum Gasteiger partial charge on any atom is 0.120 e. The van der Waals surface area contributed by atoms with Crippen LogP contribution in [0.1, 0.15) is 30.9 Å². The molecular formula is C12H19NO. The van der Waals surface area contributed by atoms with Crippen LogP contribution in [0, 0.1) is 6.92 Å². The molecule has 0 fully saturated rings. The number of unbranched alkanes of at least 4 members (excludes halogenated alkanes) is 1. The Morgan fingerprint density at radius 1 is 1.36 bits per heavy atom. The summed E-state index contributed by atoms with van der Waals surface area (Å²) in [5.74, 6) is 0.389. The van der Waals surface area contributed by atoms with Crippen molar-refractivity contribution in [2.75, 3.05) is 6.54 Å². The van der Waals surface area contributed by atoms with Gasteiger partial charge in [0, 0.05) is 12.1 Å². The van der Waals surface area contributed by atoms with Gasteiger partial charge >= 0.3 is 0 Å². The number of phenols is 1. The molecule has 2 N–H and O–H groups in total. The van der Waals surface area contributed by atoms with Crippen LogP contribution in [0.25, 0.3) is 0 Å². The monoisotopic (exact) mass is 193 g/mol. The fourth-order valence-corrected chi connectivity index (χ4v) is 1.38. The second-order valence-corrected chi connectivity index (χ2v) is 3.66. The first-order valence-electron chi connectivity index (χ1n) is 5.23. The number of aromatic hydroxyl groups is 1. The van der Waals surface area contributed by atoms with Crippen LogP contribution in [-0.2, 0) is 6.54 Å². The maximum atomic E-state index is 9.55. The van der Waals surface area contributed by atoms with Crippen LogP contribution in [0.15, 0.2) is 18.2 Å². The average molecular weight is 193 g/mol. The summed E-state index contributed by atoms with van der Waals surface area (Å²) >= 11 is 0. The summed E-state index contributed by atoms with van der Waals surface area (Å²) in [6.07, 6.45) is 2.39. The lowest BCUT2D eigenvalue weighted by atomic mass is 10.1. The molecule has 0 bridgehead atoms. The number of benzene rings is 1.